The van der Waals surface area contributed by atoms with E-state index in [1.165, 1.54) is 0 Å². The van der Waals surface area contributed by atoms with Crippen LogP contribution >= 0.6 is 0 Å². The highest BCUT2D eigenvalue weighted by atomic mass is 16.5. The Kier molecular flexibility index (Phi) is 5.03. The van der Waals surface area contributed by atoms with Gasteiger partial charge >= 0.3 is 0 Å². The number of aryl methyl sites for hydroxylation is 3. The second-order valence-electron chi connectivity index (χ2n) is 7.39. The minimum atomic E-state index is 0.198. The predicted molar refractivity (Wildman–Crippen MR) is 109 cm³/mol. The van der Waals surface area contributed by atoms with Gasteiger partial charge in [0.2, 0.25) is 5.91 Å². The molecule has 0 bridgehead atoms. The van der Waals surface area contributed by atoms with Crippen molar-refractivity contribution in [1.29, 1.82) is 0 Å². The third-order valence-electron chi connectivity index (χ3n) is 5.39. The van der Waals surface area contributed by atoms with Crippen LogP contribution in [0.25, 0.3) is 22.3 Å². The monoisotopic (exact) mass is 378 g/mol. The summed E-state index contributed by atoms with van der Waals surface area (Å²) in [5, 5.41) is 5.89. The molecule has 0 saturated carbocycles. The van der Waals surface area contributed by atoms with Gasteiger partial charge in [-0.2, -0.15) is 5.10 Å². The number of likely N-dealkylation sites (tertiary alicyclic amines) is 1. The second-order valence-corrected chi connectivity index (χ2v) is 7.39. The van der Waals surface area contributed by atoms with E-state index in [0.29, 0.717) is 13.0 Å². The number of pyridine rings is 1. The van der Waals surface area contributed by atoms with Crippen LogP contribution in [-0.4, -0.2) is 45.8 Å². The number of carbonyl (C=O) groups excluding carboxylic acids is 1. The fourth-order valence-corrected chi connectivity index (χ4v) is 4.03. The van der Waals surface area contributed by atoms with E-state index < -0.39 is 0 Å². The molecule has 0 unspecified atom stereocenters. The van der Waals surface area contributed by atoms with E-state index in [1.54, 1.807) is 7.11 Å². The van der Waals surface area contributed by atoms with E-state index in [0.717, 1.165) is 65.2 Å². The lowest BCUT2D eigenvalue weighted by Crippen LogP contribution is -2.28. The molecule has 0 N–H and O–H groups in total. The van der Waals surface area contributed by atoms with Crippen molar-refractivity contribution in [2.75, 3.05) is 20.2 Å². The lowest BCUT2D eigenvalue weighted by atomic mass is 10.0. The summed E-state index contributed by atoms with van der Waals surface area (Å²) in [6.07, 6.45) is 2.65. The van der Waals surface area contributed by atoms with E-state index in [2.05, 4.69) is 13.0 Å². The Bertz CT molecular complexity index is 1020. The van der Waals surface area contributed by atoms with Gasteiger partial charge in [0.15, 0.2) is 5.65 Å². The van der Waals surface area contributed by atoms with Crippen LogP contribution in [0.15, 0.2) is 30.3 Å². The first-order chi connectivity index (χ1) is 13.6. The first-order valence-electron chi connectivity index (χ1n) is 9.84. The Hall–Kier alpha value is -2.89. The van der Waals surface area contributed by atoms with Crippen LogP contribution in [0.4, 0.5) is 0 Å². The molecule has 3 aromatic rings. The fraction of sp³-hybridized carbons (Fsp3) is 0.409. The van der Waals surface area contributed by atoms with Crippen molar-refractivity contribution >= 4 is 16.9 Å². The molecule has 1 amide bonds. The van der Waals surface area contributed by atoms with Gasteiger partial charge in [-0.3, -0.25) is 4.79 Å². The van der Waals surface area contributed by atoms with Gasteiger partial charge in [0, 0.05) is 30.8 Å². The summed E-state index contributed by atoms with van der Waals surface area (Å²) in [7, 11) is 1.67. The zero-order chi connectivity index (χ0) is 19.7. The van der Waals surface area contributed by atoms with Crippen LogP contribution < -0.4 is 4.74 Å². The molecule has 1 aromatic carbocycles. The topological polar surface area (TPSA) is 60.3 Å². The molecule has 0 atom stereocenters. The molecule has 6 heteroatoms. The normalized spacial score (nSPS) is 14.0. The van der Waals surface area contributed by atoms with Crippen LogP contribution in [0.1, 0.15) is 30.5 Å². The summed E-state index contributed by atoms with van der Waals surface area (Å²) in [6.45, 7) is 6.35. The fourth-order valence-electron chi connectivity index (χ4n) is 4.03. The van der Waals surface area contributed by atoms with E-state index in [9.17, 15) is 4.79 Å². The molecule has 1 fully saturated rings. The highest BCUT2D eigenvalue weighted by Gasteiger charge is 2.21. The summed E-state index contributed by atoms with van der Waals surface area (Å²) < 4.78 is 7.44. The number of para-hydroxylation sites is 1. The number of rotatable bonds is 5. The van der Waals surface area contributed by atoms with Crippen LogP contribution in [0.5, 0.6) is 5.75 Å². The lowest BCUT2D eigenvalue weighted by molar-refractivity contribution is -0.130. The molecule has 1 aliphatic heterocycles. The molecule has 1 saturated heterocycles. The Labute approximate surface area is 165 Å². The summed E-state index contributed by atoms with van der Waals surface area (Å²) in [5.74, 6) is 0.978. The molecule has 3 heterocycles. The van der Waals surface area contributed by atoms with E-state index in [-0.39, 0.29) is 5.91 Å². The van der Waals surface area contributed by atoms with Crippen LogP contribution in [-0.2, 0) is 11.3 Å². The molecule has 28 heavy (non-hydrogen) atoms. The van der Waals surface area contributed by atoms with Crippen molar-refractivity contribution in [3.05, 3.63) is 41.6 Å². The van der Waals surface area contributed by atoms with Crippen LogP contribution in [0.3, 0.4) is 0 Å². The van der Waals surface area contributed by atoms with Gasteiger partial charge in [-0.15, -0.1) is 0 Å². The average Bonchev–Trinajstić information content (AvgIpc) is 3.34. The minimum Gasteiger partial charge on any atom is -0.496 e. The van der Waals surface area contributed by atoms with Crippen molar-refractivity contribution in [2.24, 2.45) is 0 Å². The van der Waals surface area contributed by atoms with Crippen molar-refractivity contribution < 1.29 is 9.53 Å². The largest absolute Gasteiger partial charge is 0.496 e. The van der Waals surface area contributed by atoms with Gasteiger partial charge < -0.3 is 9.64 Å². The predicted octanol–water partition coefficient (Wildman–Crippen LogP) is 3.74. The Morgan fingerprint density at radius 3 is 2.68 bits per heavy atom. The van der Waals surface area contributed by atoms with Gasteiger partial charge in [0.05, 0.1) is 19.0 Å². The minimum absolute atomic E-state index is 0.198. The van der Waals surface area contributed by atoms with Gasteiger partial charge in [-0.25, -0.2) is 9.67 Å². The molecule has 0 spiro atoms. The Balaban J connectivity index is 1.75. The summed E-state index contributed by atoms with van der Waals surface area (Å²) in [5.41, 5.74) is 4.69. The highest BCUT2D eigenvalue weighted by Crippen LogP contribution is 2.35. The van der Waals surface area contributed by atoms with Crippen molar-refractivity contribution in [3.63, 3.8) is 0 Å². The van der Waals surface area contributed by atoms with Crippen molar-refractivity contribution in [2.45, 2.75) is 39.7 Å². The first kappa shape index (κ1) is 18.5. The Morgan fingerprint density at radius 2 is 1.93 bits per heavy atom. The van der Waals surface area contributed by atoms with Crippen molar-refractivity contribution in [3.8, 4) is 17.0 Å². The number of fused-ring (bicyclic) bond motifs is 1. The number of carbonyl (C=O) groups is 1. The third-order valence-corrected chi connectivity index (χ3v) is 5.39. The highest BCUT2D eigenvalue weighted by molar-refractivity contribution is 5.95. The maximum absolute atomic E-state index is 12.5. The summed E-state index contributed by atoms with van der Waals surface area (Å²) in [6, 6.07) is 9.96. The standard InChI is InChI=1S/C22H26N4O2/c1-15-14-16(2)23-22-20(15)21(17-8-4-5-9-18(17)28-3)24-26(22)13-10-19(27)25-11-6-7-12-25/h4-5,8-9,14H,6-7,10-13H2,1-3H3. The van der Waals surface area contributed by atoms with E-state index in [1.807, 2.05) is 40.8 Å². The van der Waals surface area contributed by atoms with Crippen LogP contribution in [0, 0.1) is 13.8 Å². The number of nitrogens with zero attached hydrogens (tertiary/aromatic N) is 4. The molecular weight excluding hydrogens is 352 g/mol. The smallest absolute Gasteiger partial charge is 0.224 e. The third kappa shape index (κ3) is 3.35. The summed E-state index contributed by atoms with van der Waals surface area (Å²) in [4.78, 5) is 19.2. The molecule has 0 radical (unpaired) electrons. The molecule has 0 aliphatic carbocycles. The van der Waals surface area contributed by atoms with E-state index >= 15 is 0 Å². The van der Waals surface area contributed by atoms with Gasteiger partial charge in [-0.05, 0) is 50.5 Å². The van der Waals surface area contributed by atoms with E-state index in [4.69, 9.17) is 14.8 Å². The number of hydrogen-bond donors (Lipinski definition) is 0. The average molecular weight is 378 g/mol. The quantitative estimate of drug-likeness (QED) is 0.679. The number of methoxy groups -OCH3 is 1. The number of amides is 1. The summed E-state index contributed by atoms with van der Waals surface area (Å²) >= 11 is 0. The first-order valence-corrected chi connectivity index (χ1v) is 9.84. The number of hydrogen-bond acceptors (Lipinski definition) is 4. The van der Waals surface area contributed by atoms with Gasteiger partial charge in [-0.1, -0.05) is 12.1 Å². The Morgan fingerprint density at radius 1 is 1.18 bits per heavy atom. The number of benzene rings is 1. The number of ether oxygens (including phenoxy) is 1. The maximum atomic E-state index is 12.5. The zero-order valence-electron chi connectivity index (χ0n) is 16.7. The molecule has 1 aliphatic rings. The molecular formula is C22H26N4O2. The molecule has 2 aromatic heterocycles. The van der Waals surface area contributed by atoms with Crippen LogP contribution in [0.2, 0.25) is 0 Å². The lowest BCUT2D eigenvalue weighted by Gasteiger charge is -2.15. The second kappa shape index (κ2) is 7.62. The zero-order valence-corrected chi connectivity index (χ0v) is 16.7. The maximum Gasteiger partial charge on any atom is 0.224 e. The van der Waals surface area contributed by atoms with Crippen molar-refractivity contribution in [1.82, 2.24) is 19.7 Å². The molecule has 146 valence electrons. The molecule has 4 rings (SSSR count). The SMILES string of the molecule is COc1ccccc1-c1nn(CCC(=O)N2CCCC2)c2nc(C)cc(C)c12. The van der Waals surface area contributed by atoms with Gasteiger partial charge in [0.25, 0.3) is 0 Å². The number of aromatic nitrogens is 3. The van der Waals surface area contributed by atoms with Gasteiger partial charge in [0.1, 0.15) is 11.4 Å². The molecule has 6 nitrogen and oxygen atoms in total.